The van der Waals surface area contributed by atoms with Gasteiger partial charge in [-0.3, -0.25) is 0 Å². The molecule has 0 saturated heterocycles. The zero-order chi connectivity index (χ0) is 12.4. The Hall–Kier alpha value is -1.38. The fraction of sp³-hybridized carbons (Fsp3) is 0.636. The fourth-order valence-corrected chi connectivity index (χ4v) is 0.771. The predicted molar refractivity (Wildman–Crippen MR) is 57.6 cm³/mol. The third kappa shape index (κ3) is 7.97. The number of esters is 1. The van der Waals surface area contributed by atoms with Gasteiger partial charge >= 0.3 is 5.97 Å². The van der Waals surface area contributed by atoms with Gasteiger partial charge in [-0.15, -0.1) is 0 Å². The van der Waals surface area contributed by atoms with Crippen molar-refractivity contribution in [2.75, 3.05) is 26.4 Å². The molecular formula is C11H17NO4. The first-order valence-electron chi connectivity index (χ1n) is 5.03. The molecular weight excluding hydrogens is 210 g/mol. The minimum absolute atomic E-state index is 0.112. The molecule has 0 aromatic heterocycles. The van der Waals surface area contributed by atoms with E-state index in [-0.39, 0.29) is 24.9 Å². The van der Waals surface area contributed by atoms with Crippen LogP contribution in [0.5, 0.6) is 0 Å². The average Bonchev–Trinajstić information content (AvgIpc) is 2.25. The standard InChI is InChI=1S/C11H17NO4/c1-9(2)15-6-4-14-5-7-16-11(13)10(3)8-12/h9H,3-7H2,1-2H3. The van der Waals surface area contributed by atoms with E-state index < -0.39 is 5.97 Å². The number of ether oxygens (including phenoxy) is 3. The largest absolute Gasteiger partial charge is 0.459 e. The summed E-state index contributed by atoms with van der Waals surface area (Å²) in [5.74, 6) is -0.704. The molecule has 0 atom stereocenters. The normalized spacial score (nSPS) is 9.88. The minimum atomic E-state index is -0.704. The maximum Gasteiger partial charge on any atom is 0.348 e. The number of hydrogen-bond donors (Lipinski definition) is 0. The SMILES string of the molecule is C=C(C#N)C(=O)OCCOCCOC(C)C. The van der Waals surface area contributed by atoms with Crippen LogP contribution in [0, 0.1) is 11.3 Å². The Morgan fingerprint density at radius 2 is 1.94 bits per heavy atom. The van der Waals surface area contributed by atoms with Crippen LogP contribution in [0.3, 0.4) is 0 Å². The van der Waals surface area contributed by atoms with Crippen LogP contribution in [0.2, 0.25) is 0 Å². The van der Waals surface area contributed by atoms with Crippen molar-refractivity contribution in [3.63, 3.8) is 0 Å². The molecule has 0 aliphatic heterocycles. The Morgan fingerprint density at radius 3 is 2.50 bits per heavy atom. The first-order chi connectivity index (χ1) is 7.57. The monoisotopic (exact) mass is 227 g/mol. The first-order valence-corrected chi connectivity index (χ1v) is 5.03. The van der Waals surface area contributed by atoms with Gasteiger partial charge in [0.2, 0.25) is 0 Å². The van der Waals surface area contributed by atoms with Gasteiger partial charge in [-0.25, -0.2) is 4.79 Å². The summed E-state index contributed by atoms with van der Waals surface area (Å²) < 4.78 is 15.1. The lowest BCUT2D eigenvalue weighted by Crippen LogP contribution is -2.14. The molecule has 0 aliphatic rings. The van der Waals surface area contributed by atoms with Gasteiger partial charge in [-0.05, 0) is 13.8 Å². The molecule has 5 nitrogen and oxygen atoms in total. The number of nitrogens with zero attached hydrogens (tertiary/aromatic N) is 1. The zero-order valence-electron chi connectivity index (χ0n) is 9.69. The van der Waals surface area contributed by atoms with Gasteiger partial charge in [0.25, 0.3) is 0 Å². The molecule has 5 heteroatoms. The lowest BCUT2D eigenvalue weighted by molar-refractivity contribution is -0.140. The van der Waals surface area contributed by atoms with Crippen LogP contribution in [0.4, 0.5) is 0 Å². The number of rotatable bonds is 8. The molecule has 0 fully saturated rings. The van der Waals surface area contributed by atoms with Gasteiger partial charge in [0.1, 0.15) is 18.2 Å². The van der Waals surface area contributed by atoms with E-state index in [9.17, 15) is 4.79 Å². The highest BCUT2D eigenvalue weighted by molar-refractivity contribution is 5.91. The van der Waals surface area contributed by atoms with E-state index in [4.69, 9.17) is 19.5 Å². The number of hydrogen-bond acceptors (Lipinski definition) is 5. The fourth-order valence-electron chi connectivity index (χ4n) is 0.771. The molecule has 0 radical (unpaired) electrons. The van der Waals surface area contributed by atoms with Crippen molar-refractivity contribution in [1.29, 1.82) is 5.26 Å². The topological polar surface area (TPSA) is 68.6 Å². The highest BCUT2D eigenvalue weighted by Crippen LogP contribution is 1.92. The van der Waals surface area contributed by atoms with Crippen LogP contribution >= 0.6 is 0 Å². The van der Waals surface area contributed by atoms with E-state index >= 15 is 0 Å². The molecule has 0 rings (SSSR count). The summed E-state index contributed by atoms with van der Waals surface area (Å²) in [5.41, 5.74) is -0.205. The Kier molecular flexibility index (Phi) is 8.12. The molecule has 0 heterocycles. The molecule has 0 spiro atoms. The van der Waals surface area contributed by atoms with E-state index in [1.807, 2.05) is 13.8 Å². The van der Waals surface area contributed by atoms with Gasteiger partial charge in [-0.2, -0.15) is 5.26 Å². The van der Waals surface area contributed by atoms with Crippen LogP contribution < -0.4 is 0 Å². The lowest BCUT2D eigenvalue weighted by atomic mass is 10.3. The minimum Gasteiger partial charge on any atom is -0.459 e. The van der Waals surface area contributed by atoms with E-state index in [1.54, 1.807) is 6.07 Å². The highest BCUT2D eigenvalue weighted by Gasteiger charge is 2.06. The first kappa shape index (κ1) is 14.6. The molecule has 0 bridgehead atoms. The molecule has 0 aromatic carbocycles. The summed E-state index contributed by atoms with van der Waals surface area (Å²) in [6.07, 6.45) is 0.181. The summed E-state index contributed by atoms with van der Waals surface area (Å²) >= 11 is 0. The molecule has 16 heavy (non-hydrogen) atoms. The third-order valence-electron chi connectivity index (χ3n) is 1.52. The van der Waals surface area contributed by atoms with Gasteiger partial charge in [0, 0.05) is 0 Å². The van der Waals surface area contributed by atoms with Crippen molar-refractivity contribution >= 4 is 5.97 Å². The van der Waals surface area contributed by atoms with Crippen LogP contribution in [0.1, 0.15) is 13.8 Å². The second-order valence-electron chi connectivity index (χ2n) is 3.26. The summed E-state index contributed by atoms with van der Waals surface area (Å²) in [6, 6.07) is 1.61. The van der Waals surface area contributed by atoms with E-state index in [0.717, 1.165) is 0 Å². The summed E-state index contributed by atoms with van der Waals surface area (Å²) in [6.45, 7) is 8.46. The second-order valence-corrected chi connectivity index (χ2v) is 3.26. The van der Waals surface area contributed by atoms with Crippen LogP contribution in [0.15, 0.2) is 12.2 Å². The number of carbonyl (C=O) groups is 1. The number of carbonyl (C=O) groups excluding carboxylic acids is 1. The van der Waals surface area contributed by atoms with Crippen molar-refractivity contribution in [2.24, 2.45) is 0 Å². The Bertz CT molecular complexity index is 268. The molecule has 0 amide bonds. The highest BCUT2D eigenvalue weighted by atomic mass is 16.6. The maximum atomic E-state index is 10.9. The van der Waals surface area contributed by atoms with Crippen LogP contribution in [-0.2, 0) is 19.0 Å². The summed E-state index contributed by atoms with van der Waals surface area (Å²) in [4.78, 5) is 10.9. The zero-order valence-corrected chi connectivity index (χ0v) is 9.69. The van der Waals surface area contributed by atoms with Crippen molar-refractivity contribution in [3.05, 3.63) is 12.2 Å². The van der Waals surface area contributed by atoms with Crippen LogP contribution in [0.25, 0.3) is 0 Å². The van der Waals surface area contributed by atoms with Crippen molar-refractivity contribution < 1.29 is 19.0 Å². The van der Waals surface area contributed by atoms with Crippen molar-refractivity contribution in [1.82, 2.24) is 0 Å². The summed E-state index contributed by atoms with van der Waals surface area (Å²) in [7, 11) is 0. The van der Waals surface area contributed by atoms with Crippen molar-refractivity contribution in [3.8, 4) is 6.07 Å². The second kappa shape index (κ2) is 8.89. The van der Waals surface area contributed by atoms with Gasteiger partial charge in [-0.1, -0.05) is 6.58 Å². The quantitative estimate of drug-likeness (QED) is 0.268. The van der Waals surface area contributed by atoms with E-state index in [1.165, 1.54) is 0 Å². The average molecular weight is 227 g/mol. The number of nitriles is 1. The van der Waals surface area contributed by atoms with E-state index in [2.05, 4.69) is 6.58 Å². The smallest absolute Gasteiger partial charge is 0.348 e. The molecule has 0 unspecified atom stereocenters. The third-order valence-corrected chi connectivity index (χ3v) is 1.52. The Labute approximate surface area is 95.6 Å². The molecule has 0 N–H and O–H groups in total. The van der Waals surface area contributed by atoms with Gasteiger partial charge < -0.3 is 14.2 Å². The molecule has 90 valence electrons. The Balaban J connectivity index is 3.31. The van der Waals surface area contributed by atoms with Gasteiger partial charge in [0.05, 0.1) is 25.9 Å². The van der Waals surface area contributed by atoms with Crippen molar-refractivity contribution in [2.45, 2.75) is 20.0 Å². The van der Waals surface area contributed by atoms with Gasteiger partial charge in [0.15, 0.2) is 0 Å². The molecule has 0 saturated carbocycles. The lowest BCUT2D eigenvalue weighted by Gasteiger charge is -2.08. The molecule has 0 aliphatic carbocycles. The Morgan fingerprint density at radius 1 is 1.31 bits per heavy atom. The van der Waals surface area contributed by atoms with E-state index in [0.29, 0.717) is 13.2 Å². The maximum absolute atomic E-state index is 10.9. The molecule has 0 aromatic rings. The predicted octanol–water partition coefficient (Wildman–Crippen LogP) is 1.05. The summed E-state index contributed by atoms with van der Waals surface area (Å²) in [5, 5.41) is 8.33. The van der Waals surface area contributed by atoms with Crippen LogP contribution in [-0.4, -0.2) is 38.5 Å².